The van der Waals surface area contributed by atoms with Gasteiger partial charge in [-0.3, -0.25) is 14.4 Å². The number of hydrogen-bond acceptors (Lipinski definition) is 6. The zero-order valence-corrected chi connectivity index (χ0v) is 52.9. The smallest absolute Gasteiger partial charge is 0.306 e. The average Bonchev–Trinajstić information content (AvgIpc) is 3.45. The van der Waals surface area contributed by atoms with Crippen LogP contribution in [0.5, 0.6) is 0 Å². The number of carbonyl (C=O) groups excluding carboxylic acids is 3. The Labute approximate surface area is 491 Å². The topological polar surface area (TPSA) is 78.9 Å². The maximum atomic E-state index is 12.9. The van der Waals surface area contributed by atoms with Gasteiger partial charge >= 0.3 is 17.9 Å². The van der Waals surface area contributed by atoms with Gasteiger partial charge in [-0.15, -0.1) is 0 Å². The second-order valence-electron chi connectivity index (χ2n) is 23.4. The van der Waals surface area contributed by atoms with E-state index in [0.29, 0.717) is 19.3 Å². The highest BCUT2D eigenvalue weighted by molar-refractivity contribution is 5.71. The van der Waals surface area contributed by atoms with Gasteiger partial charge in [-0.05, 0) is 83.5 Å². The summed E-state index contributed by atoms with van der Waals surface area (Å²) >= 11 is 0. The second kappa shape index (κ2) is 67.6. The molecule has 0 aliphatic rings. The molecule has 0 amide bonds. The summed E-state index contributed by atoms with van der Waals surface area (Å²) in [6.07, 6.45) is 86.7. The Morgan fingerprint density at radius 1 is 0.266 bits per heavy atom. The number of carbonyl (C=O) groups is 3. The summed E-state index contributed by atoms with van der Waals surface area (Å²) in [4.78, 5) is 38.4. The third kappa shape index (κ3) is 65.8. The van der Waals surface area contributed by atoms with Crippen molar-refractivity contribution in [2.75, 3.05) is 13.2 Å². The minimum atomic E-state index is -0.777. The zero-order chi connectivity index (χ0) is 57.1. The Balaban J connectivity index is 4.24. The van der Waals surface area contributed by atoms with Crippen molar-refractivity contribution in [3.05, 3.63) is 60.8 Å². The molecule has 0 aliphatic carbocycles. The van der Waals surface area contributed by atoms with E-state index in [4.69, 9.17) is 14.2 Å². The van der Waals surface area contributed by atoms with Gasteiger partial charge in [-0.2, -0.15) is 0 Å². The van der Waals surface area contributed by atoms with Crippen LogP contribution in [0.2, 0.25) is 0 Å². The average molecular weight is 1110 g/mol. The molecule has 0 aliphatic heterocycles. The molecule has 0 aromatic carbocycles. The molecule has 0 heterocycles. The van der Waals surface area contributed by atoms with E-state index in [1.165, 1.54) is 238 Å². The lowest BCUT2D eigenvalue weighted by Gasteiger charge is -2.18. The van der Waals surface area contributed by atoms with Crippen LogP contribution < -0.4 is 0 Å². The quantitative estimate of drug-likeness (QED) is 0.0261. The van der Waals surface area contributed by atoms with Crippen LogP contribution >= 0.6 is 0 Å². The van der Waals surface area contributed by atoms with Crippen LogP contribution in [0.25, 0.3) is 0 Å². The fourth-order valence-corrected chi connectivity index (χ4v) is 10.3. The molecule has 1 atom stereocenters. The van der Waals surface area contributed by atoms with E-state index in [-0.39, 0.29) is 31.1 Å². The van der Waals surface area contributed by atoms with Crippen LogP contribution in [0, 0.1) is 0 Å². The van der Waals surface area contributed by atoms with Gasteiger partial charge in [-0.25, -0.2) is 0 Å². The molecule has 0 N–H and O–H groups in total. The Morgan fingerprint density at radius 2 is 0.494 bits per heavy atom. The van der Waals surface area contributed by atoms with Crippen molar-refractivity contribution in [2.45, 2.75) is 374 Å². The minimum absolute atomic E-state index is 0.0731. The van der Waals surface area contributed by atoms with Crippen LogP contribution in [0.15, 0.2) is 60.8 Å². The van der Waals surface area contributed by atoms with Gasteiger partial charge in [0.15, 0.2) is 6.10 Å². The maximum Gasteiger partial charge on any atom is 0.306 e. The molecule has 1 unspecified atom stereocenters. The molecular weight excluding hydrogens is 973 g/mol. The number of allylic oxidation sites excluding steroid dienone is 10. The minimum Gasteiger partial charge on any atom is -0.462 e. The first kappa shape index (κ1) is 76.1. The van der Waals surface area contributed by atoms with E-state index < -0.39 is 6.10 Å². The normalized spacial score (nSPS) is 12.4. The lowest BCUT2D eigenvalue weighted by molar-refractivity contribution is -0.167. The highest BCUT2D eigenvalue weighted by Gasteiger charge is 2.19. The zero-order valence-electron chi connectivity index (χ0n) is 52.9. The van der Waals surface area contributed by atoms with Crippen molar-refractivity contribution < 1.29 is 28.6 Å². The predicted molar refractivity (Wildman–Crippen MR) is 344 cm³/mol. The summed E-state index contributed by atoms with van der Waals surface area (Å²) < 4.78 is 17.0. The van der Waals surface area contributed by atoms with Gasteiger partial charge in [0.2, 0.25) is 0 Å². The third-order valence-electron chi connectivity index (χ3n) is 15.5. The first-order valence-electron chi connectivity index (χ1n) is 34.8. The number of esters is 3. The molecule has 0 aromatic rings. The second-order valence-corrected chi connectivity index (χ2v) is 23.4. The third-order valence-corrected chi connectivity index (χ3v) is 15.5. The van der Waals surface area contributed by atoms with Gasteiger partial charge in [0, 0.05) is 19.3 Å². The lowest BCUT2D eigenvalue weighted by Crippen LogP contribution is -2.30. The van der Waals surface area contributed by atoms with Crippen molar-refractivity contribution in [1.29, 1.82) is 0 Å². The molecule has 6 nitrogen and oxygen atoms in total. The standard InChI is InChI=1S/C73H132O6/c1-4-7-10-13-16-19-22-25-27-29-31-33-34-35-36-37-38-40-41-43-45-48-51-54-57-60-63-66-72(75)78-69-70(68-77-71(74)65-62-59-56-53-50-47-24-21-18-15-12-9-6-3)79-73(76)67-64-61-58-55-52-49-46-44-42-39-32-30-28-26-23-20-17-14-11-8-5-2/h8,11,17,20,26,28-29,31-32,39,70H,4-7,9-10,12-16,18-19,21-25,27,30,33-38,40-69H2,1-3H3/b11-8-,20-17-,28-26-,31-29-,39-32-. The molecule has 0 saturated heterocycles. The molecular formula is C73H132O6. The highest BCUT2D eigenvalue weighted by atomic mass is 16.6. The molecule has 0 fully saturated rings. The fourth-order valence-electron chi connectivity index (χ4n) is 10.3. The van der Waals surface area contributed by atoms with E-state index >= 15 is 0 Å². The van der Waals surface area contributed by atoms with Crippen LogP contribution in [0.1, 0.15) is 367 Å². The van der Waals surface area contributed by atoms with E-state index in [1.807, 2.05) is 0 Å². The molecule has 0 rings (SSSR count). The maximum absolute atomic E-state index is 12.9. The summed E-state index contributed by atoms with van der Waals surface area (Å²) in [6.45, 7) is 6.58. The first-order valence-corrected chi connectivity index (χ1v) is 34.8. The molecule has 0 spiro atoms. The summed E-state index contributed by atoms with van der Waals surface area (Å²) in [5.41, 5.74) is 0. The van der Waals surface area contributed by atoms with Crippen LogP contribution in [0.3, 0.4) is 0 Å². The van der Waals surface area contributed by atoms with Crippen molar-refractivity contribution >= 4 is 17.9 Å². The van der Waals surface area contributed by atoms with Gasteiger partial charge in [0.25, 0.3) is 0 Å². The van der Waals surface area contributed by atoms with E-state index in [2.05, 4.69) is 81.5 Å². The monoisotopic (exact) mass is 1110 g/mol. The number of ether oxygens (including phenoxy) is 3. The first-order chi connectivity index (χ1) is 39.0. The van der Waals surface area contributed by atoms with Crippen LogP contribution in [-0.2, 0) is 28.6 Å². The molecule has 0 radical (unpaired) electrons. The summed E-state index contributed by atoms with van der Waals surface area (Å²) in [5.74, 6) is -0.858. The van der Waals surface area contributed by atoms with Gasteiger partial charge in [-0.1, -0.05) is 326 Å². The number of unbranched alkanes of at least 4 members (excludes halogenated alkanes) is 43. The summed E-state index contributed by atoms with van der Waals surface area (Å²) in [6, 6.07) is 0. The molecule has 460 valence electrons. The molecule has 79 heavy (non-hydrogen) atoms. The number of hydrogen-bond donors (Lipinski definition) is 0. The van der Waals surface area contributed by atoms with Crippen LogP contribution in [-0.4, -0.2) is 37.2 Å². The van der Waals surface area contributed by atoms with Crippen LogP contribution in [0.4, 0.5) is 0 Å². The van der Waals surface area contributed by atoms with E-state index in [0.717, 1.165) is 89.9 Å². The summed E-state index contributed by atoms with van der Waals surface area (Å²) in [5, 5.41) is 0. The Bertz CT molecular complexity index is 1410. The molecule has 0 saturated carbocycles. The van der Waals surface area contributed by atoms with Crippen molar-refractivity contribution in [2.24, 2.45) is 0 Å². The molecule has 0 bridgehead atoms. The predicted octanol–water partition coefficient (Wildman–Crippen LogP) is 23.9. The van der Waals surface area contributed by atoms with Crippen molar-refractivity contribution in [1.82, 2.24) is 0 Å². The Morgan fingerprint density at radius 3 is 0.785 bits per heavy atom. The van der Waals surface area contributed by atoms with Crippen molar-refractivity contribution in [3.63, 3.8) is 0 Å². The molecule has 6 heteroatoms. The van der Waals surface area contributed by atoms with Crippen molar-refractivity contribution in [3.8, 4) is 0 Å². The van der Waals surface area contributed by atoms with Gasteiger partial charge < -0.3 is 14.2 Å². The fraction of sp³-hybridized carbons (Fsp3) is 0.822. The van der Waals surface area contributed by atoms with E-state index in [1.54, 1.807) is 0 Å². The van der Waals surface area contributed by atoms with E-state index in [9.17, 15) is 14.4 Å². The largest absolute Gasteiger partial charge is 0.462 e. The van der Waals surface area contributed by atoms with Gasteiger partial charge in [0.05, 0.1) is 0 Å². The molecule has 0 aromatic heterocycles. The number of rotatable bonds is 64. The van der Waals surface area contributed by atoms with Gasteiger partial charge in [0.1, 0.15) is 13.2 Å². The summed E-state index contributed by atoms with van der Waals surface area (Å²) in [7, 11) is 0. The highest BCUT2D eigenvalue weighted by Crippen LogP contribution is 2.18. The Kier molecular flexibility index (Phi) is 65.1. The SMILES string of the molecule is CC/C=C\C/C=C\C/C=C\C/C=C\CCCCCCCCCCC(=O)OC(COC(=O)CCCCCCCCCCCCCCC)COC(=O)CCCCCCCCCCCCCCCCC/C=C\CCCCCCCCCC. The Hall–Kier alpha value is -2.89. The lowest BCUT2D eigenvalue weighted by atomic mass is 10.0.